The molecule has 2 fully saturated rings. The fourth-order valence-electron chi connectivity index (χ4n) is 5.36. The lowest BCUT2D eigenvalue weighted by Gasteiger charge is -2.34. The fraction of sp³-hybridized carbons (Fsp3) is 0.520. The van der Waals surface area contributed by atoms with Gasteiger partial charge in [0.15, 0.2) is 0 Å². The third kappa shape index (κ3) is 4.76. The maximum Gasteiger partial charge on any atom is 0.272 e. The Hall–Kier alpha value is -3.04. The van der Waals surface area contributed by atoms with Gasteiger partial charge in [-0.2, -0.15) is 0 Å². The molecular weight excluding hydrogens is 432 g/mol. The molecule has 5 rings (SSSR count). The minimum Gasteiger partial charge on any atom is -0.390 e. The van der Waals surface area contributed by atoms with Crippen LogP contribution in [0.5, 0.6) is 0 Å². The number of β-amino-alcohol motifs (C(OH)–C–C–N with tert-alkyl or cyclic N) is 1. The van der Waals surface area contributed by atoms with E-state index in [4.69, 9.17) is 0 Å². The van der Waals surface area contributed by atoms with Gasteiger partial charge < -0.3 is 20.2 Å². The summed E-state index contributed by atoms with van der Waals surface area (Å²) in [4.78, 5) is 39.1. The Kier molecular flexibility index (Phi) is 6.47. The van der Waals surface area contributed by atoms with Gasteiger partial charge in [-0.25, -0.2) is 9.97 Å². The van der Waals surface area contributed by atoms with Crippen LogP contribution in [0, 0.1) is 0 Å². The average Bonchev–Trinajstić information content (AvgIpc) is 3.25. The molecule has 9 nitrogen and oxygen atoms in total. The van der Waals surface area contributed by atoms with E-state index >= 15 is 0 Å². The van der Waals surface area contributed by atoms with Crippen molar-refractivity contribution in [2.24, 2.45) is 0 Å². The number of aliphatic hydroxyl groups excluding tert-OH is 1. The van der Waals surface area contributed by atoms with E-state index < -0.39 is 6.10 Å². The van der Waals surface area contributed by atoms with Gasteiger partial charge in [-0.15, -0.1) is 0 Å². The molecule has 1 aromatic heterocycles. The SMILES string of the molecule is CC(=O)N1CCC(Nc2cc(C(=O)N3C[C@@H](O)[C@H](N4CCc5ccccc5C4)C3)ncn2)CC1. The van der Waals surface area contributed by atoms with Gasteiger partial charge >= 0.3 is 0 Å². The molecule has 3 aliphatic rings. The van der Waals surface area contributed by atoms with Crippen molar-refractivity contribution in [2.75, 3.05) is 38.0 Å². The zero-order valence-corrected chi connectivity index (χ0v) is 19.6. The van der Waals surface area contributed by atoms with E-state index in [-0.39, 0.29) is 23.9 Å². The summed E-state index contributed by atoms with van der Waals surface area (Å²) in [6.45, 7) is 5.50. The smallest absolute Gasteiger partial charge is 0.272 e. The number of anilines is 1. The van der Waals surface area contributed by atoms with Crippen molar-refractivity contribution in [1.82, 2.24) is 24.7 Å². The van der Waals surface area contributed by atoms with Crippen molar-refractivity contribution in [3.63, 3.8) is 0 Å². The molecule has 2 amide bonds. The van der Waals surface area contributed by atoms with Gasteiger partial charge in [0, 0.05) is 58.3 Å². The van der Waals surface area contributed by atoms with Gasteiger partial charge in [0.1, 0.15) is 17.8 Å². The molecule has 34 heavy (non-hydrogen) atoms. The number of piperidine rings is 1. The summed E-state index contributed by atoms with van der Waals surface area (Å²) >= 11 is 0. The van der Waals surface area contributed by atoms with Crippen molar-refractivity contribution in [1.29, 1.82) is 0 Å². The number of aromatic nitrogens is 2. The highest BCUT2D eigenvalue weighted by Crippen LogP contribution is 2.26. The van der Waals surface area contributed by atoms with Gasteiger partial charge in [0.25, 0.3) is 5.91 Å². The molecular formula is C25H32N6O3. The van der Waals surface area contributed by atoms with Gasteiger partial charge in [-0.3, -0.25) is 14.5 Å². The lowest BCUT2D eigenvalue weighted by Crippen LogP contribution is -2.45. The topological polar surface area (TPSA) is 102 Å². The molecule has 180 valence electrons. The fourth-order valence-corrected chi connectivity index (χ4v) is 5.36. The van der Waals surface area contributed by atoms with E-state index in [2.05, 4.69) is 44.5 Å². The van der Waals surface area contributed by atoms with Gasteiger partial charge in [0.05, 0.1) is 12.1 Å². The number of nitrogens with one attached hydrogen (secondary N) is 1. The molecule has 0 aliphatic carbocycles. The van der Waals surface area contributed by atoms with Crippen LogP contribution in [0.15, 0.2) is 36.7 Å². The Bertz CT molecular complexity index is 1050. The maximum absolute atomic E-state index is 13.2. The first-order chi connectivity index (χ1) is 16.5. The van der Waals surface area contributed by atoms with E-state index in [9.17, 15) is 14.7 Å². The second-order valence-electron chi connectivity index (χ2n) is 9.55. The molecule has 9 heteroatoms. The number of benzene rings is 1. The molecule has 0 bridgehead atoms. The van der Waals surface area contributed by atoms with Crippen LogP contribution < -0.4 is 5.32 Å². The molecule has 2 saturated heterocycles. The first-order valence-corrected chi connectivity index (χ1v) is 12.1. The summed E-state index contributed by atoms with van der Waals surface area (Å²) in [5.41, 5.74) is 2.99. The molecule has 0 radical (unpaired) electrons. The van der Waals surface area contributed by atoms with E-state index in [0.29, 0.717) is 24.6 Å². The summed E-state index contributed by atoms with van der Waals surface area (Å²) in [6, 6.07) is 10.2. The van der Waals surface area contributed by atoms with Crippen molar-refractivity contribution in [3.8, 4) is 0 Å². The average molecular weight is 465 g/mol. The number of rotatable bonds is 4. The molecule has 0 unspecified atom stereocenters. The normalized spacial score (nSPS) is 23.6. The second-order valence-corrected chi connectivity index (χ2v) is 9.55. The van der Waals surface area contributed by atoms with Crippen LogP contribution in [-0.2, 0) is 17.8 Å². The lowest BCUT2D eigenvalue weighted by atomic mass is 9.98. The van der Waals surface area contributed by atoms with Crippen molar-refractivity contribution in [2.45, 2.75) is 50.9 Å². The van der Waals surface area contributed by atoms with Crippen LogP contribution >= 0.6 is 0 Å². The van der Waals surface area contributed by atoms with Crippen LogP contribution in [0.25, 0.3) is 0 Å². The minimum atomic E-state index is -0.583. The van der Waals surface area contributed by atoms with E-state index in [0.717, 1.165) is 45.4 Å². The van der Waals surface area contributed by atoms with Gasteiger partial charge in [0.2, 0.25) is 5.91 Å². The predicted octanol–water partition coefficient (Wildman–Crippen LogP) is 1.14. The summed E-state index contributed by atoms with van der Waals surface area (Å²) in [5, 5.41) is 14.2. The lowest BCUT2D eigenvalue weighted by molar-refractivity contribution is -0.129. The molecule has 2 N–H and O–H groups in total. The van der Waals surface area contributed by atoms with Crippen LogP contribution in [-0.4, -0.2) is 92.5 Å². The summed E-state index contributed by atoms with van der Waals surface area (Å²) in [6.07, 6.45) is 3.46. The van der Waals surface area contributed by atoms with Crippen LogP contribution in [0.1, 0.15) is 41.4 Å². The first-order valence-electron chi connectivity index (χ1n) is 12.1. The molecule has 4 heterocycles. The number of hydrogen-bond acceptors (Lipinski definition) is 7. The third-order valence-corrected chi connectivity index (χ3v) is 7.35. The Balaban J connectivity index is 1.20. The zero-order chi connectivity index (χ0) is 23.7. The van der Waals surface area contributed by atoms with Crippen LogP contribution in [0.3, 0.4) is 0 Å². The summed E-state index contributed by atoms with van der Waals surface area (Å²) in [5.74, 6) is 0.535. The van der Waals surface area contributed by atoms with Gasteiger partial charge in [-0.05, 0) is 30.4 Å². The van der Waals surface area contributed by atoms with E-state index in [1.165, 1.54) is 17.5 Å². The number of amides is 2. The Morgan fingerprint density at radius 1 is 1.03 bits per heavy atom. The predicted molar refractivity (Wildman–Crippen MR) is 127 cm³/mol. The van der Waals surface area contributed by atoms with Crippen molar-refractivity contribution >= 4 is 17.6 Å². The highest BCUT2D eigenvalue weighted by atomic mass is 16.3. The Morgan fingerprint density at radius 3 is 2.56 bits per heavy atom. The van der Waals surface area contributed by atoms with Crippen LogP contribution in [0.2, 0.25) is 0 Å². The van der Waals surface area contributed by atoms with Crippen molar-refractivity contribution < 1.29 is 14.7 Å². The molecule has 0 saturated carbocycles. The number of carbonyl (C=O) groups is 2. The quantitative estimate of drug-likeness (QED) is 0.700. The number of carbonyl (C=O) groups excluding carboxylic acids is 2. The summed E-state index contributed by atoms with van der Waals surface area (Å²) < 4.78 is 0. The van der Waals surface area contributed by atoms with Crippen molar-refractivity contribution in [3.05, 3.63) is 53.5 Å². The van der Waals surface area contributed by atoms with E-state index in [1.54, 1.807) is 17.9 Å². The Labute approximate surface area is 199 Å². The molecule has 2 aromatic rings. The number of fused-ring (bicyclic) bond motifs is 1. The third-order valence-electron chi connectivity index (χ3n) is 7.35. The molecule has 2 atom stereocenters. The monoisotopic (exact) mass is 464 g/mol. The largest absolute Gasteiger partial charge is 0.390 e. The molecule has 0 spiro atoms. The Morgan fingerprint density at radius 2 is 1.79 bits per heavy atom. The highest BCUT2D eigenvalue weighted by Gasteiger charge is 2.39. The zero-order valence-electron chi connectivity index (χ0n) is 19.6. The second kappa shape index (κ2) is 9.68. The number of aliphatic hydroxyl groups is 1. The molecule has 1 aromatic carbocycles. The number of hydrogen-bond donors (Lipinski definition) is 2. The maximum atomic E-state index is 13.2. The number of likely N-dealkylation sites (tertiary alicyclic amines) is 2. The highest BCUT2D eigenvalue weighted by molar-refractivity contribution is 5.93. The first kappa shape index (κ1) is 22.7. The standard InChI is InChI=1S/C25H32N6O3/c1-17(32)29-10-7-20(8-11-29)28-24-12-21(26-16-27-24)25(34)31-14-22(23(33)15-31)30-9-6-18-4-2-3-5-19(18)13-30/h2-5,12,16,20,22-23,33H,6-11,13-15H2,1H3,(H,26,27,28)/t22-,23-/m1/s1. The molecule has 3 aliphatic heterocycles. The van der Waals surface area contributed by atoms with Crippen LogP contribution in [0.4, 0.5) is 5.82 Å². The van der Waals surface area contributed by atoms with Gasteiger partial charge in [-0.1, -0.05) is 24.3 Å². The minimum absolute atomic E-state index is 0.0804. The number of nitrogens with zero attached hydrogens (tertiary/aromatic N) is 5. The summed E-state index contributed by atoms with van der Waals surface area (Å²) in [7, 11) is 0. The van der Waals surface area contributed by atoms with E-state index in [1.807, 2.05) is 4.90 Å².